The Kier molecular flexibility index (Phi) is 6.10. The number of fused-ring (bicyclic) bond motifs is 3. The topological polar surface area (TPSA) is 66.4 Å². The van der Waals surface area contributed by atoms with Crippen LogP contribution in [0.4, 0.5) is 5.82 Å². The summed E-state index contributed by atoms with van der Waals surface area (Å²) >= 11 is 7.83. The highest BCUT2D eigenvalue weighted by molar-refractivity contribution is 7.89. The van der Waals surface area contributed by atoms with Crippen molar-refractivity contribution in [2.75, 3.05) is 31.1 Å². The van der Waals surface area contributed by atoms with Gasteiger partial charge in [-0.05, 0) is 73.3 Å². The van der Waals surface area contributed by atoms with E-state index in [1.54, 1.807) is 28.6 Å². The quantitative estimate of drug-likeness (QED) is 0.410. The first-order valence-electron chi connectivity index (χ1n) is 12.9. The normalized spacial score (nSPS) is 21.7. The summed E-state index contributed by atoms with van der Waals surface area (Å²) in [7, 11) is -3.54. The average Bonchev–Trinajstić information content (AvgIpc) is 3.63. The van der Waals surface area contributed by atoms with Gasteiger partial charge in [-0.2, -0.15) is 4.31 Å². The third-order valence-electron chi connectivity index (χ3n) is 8.06. The maximum atomic E-state index is 13.2. The van der Waals surface area contributed by atoms with Gasteiger partial charge >= 0.3 is 0 Å². The lowest BCUT2D eigenvalue weighted by atomic mass is 9.72. The Balaban J connectivity index is 1.31. The number of anilines is 1. The van der Waals surface area contributed by atoms with E-state index in [0.717, 1.165) is 42.2 Å². The second-order valence-corrected chi connectivity index (χ2v) is 15.0. The zero-order valence-electron chi connectivity index (χ0n) is 21.1. The number of hydrogen-bond acceptors (Lipinski definition) is 6. The van der Waals surface area contributed by atoms with Crippen LogP contribution in [0.3, 0.4) is 0 Å². The van der Waals surface area contributed by atoms with E-state index >= 15 is 0 Å². The predicted molar refractivity (Wildman–Crippen MR) is 147 cm³/mol. The molecule has 0 bridgehead atoms. The maximum absolute atomic E-state index is 13.2. The molecule has 1 saturated carbocycles. The van der Waals surface area contributed by atoms with Crippen molar-refractivity contribution < 1.29 is 8.42 Å². The van der Waals surface area contributed by atoms with E-state index in [2.05, 4.69) is 25.7 Å². The van der Waals surface area contributed by atoms with Gasteiger partial charge in [0.15, 0.2) is 0 Å². The number of benzene rings is 1. The minimum atomic E-state index is -3.54. The molecule has 1 aliphatic heterocycles. The van der Waals surface area contributed by atoms with Crippen LogP contribution < -0.4 is 4.90 Å². The first kappa shape index (κ1) is 24.6. The first-order chi connectivity index (χ1) is 17.1. The van der Waals surface area contributed by atoms with Crippen LogP contribution in [0.5, 0.6) is 0 Å². The Morgan fingerprint density at radius 2 is 1.69 bits per heavy atom. The van der Waals surface area contributed by atoms with Gasteiger partial charge < -0.3 is 4.90 Å². The van der Waals surface area contributed by atoms with Gasteiger partial charge in [0, 0.05) is 42.0 Å². The molecule has 1 atom stereocenters. The lowest BCUT2D eigenvalue weighted by Gasteiger charge is -2.36. The van der Waals surface area contributed by atoms with E-state index in [-0.39, 0.29) is 0 Å². The summed E-state index contributed by atoms with van der Waals surface area (Å²) in [5.74, 6) is 3.15. The highest BCUT2D eigenvalue weighted by Gasteiger charge is 2.36. The molecule has 192 valence electrons. The fourth-order valence-corrected chi connectivity index (χ4v) is 8.41. The van der Waals surface area contributed by atoms with Gasteiger partial charge in [-0.25, -0.2) is 18.4 Å². The zero-order valence-corrected chi connectivity index (χ0v) is 23.5. The average molecular weight is 545 g/mol. The van der Waals surface area contributed by atoms with E-state index in [0.29, 0.717) is 53.3 Å². The molecule has 6 nitrogen and oxygen atoms in total. The predicted octanol–water partition coefficient (Wildman–Crippen LogP) is 5.88. The molecule has 6 rings (SSSR count). The fraction of sp³-hybridized carbons (Fsp3) is 0.556. The van der Waals surface area contributed by atoms with Crippen molar-refractivity contribution in [3.63, 3.8) is 0 Å². The molecule has 9 heteroatoms. The van der Waals surface area contributed by atoms with Gasteiger partial charge in [0.2, 0.25) is 10.0 Å². The van der Waals surface area contributed by atoms with Crippen LogP contribution >= 0.6 is 22.9 Å². The molecule has 0 amide bonds. The molecule has 1 aromatic carbocycles. The summed E-state index contributed by atoms with van der Waals surface area (Å²) in [6.45, 7) is 9.18. The van der Waals surface area contributed by atoms with E-state index in [9.17, 15) is 8.42 Å². The van der Waals surface area contributed by atoms with Crippen molar-refractivity contribution >= 4 is 49.0 Å². The van der Waals surface area contributed by atoms with Crippen LogP contribution in [0, 0.1) is 11.3 Å². The molecular weight excluding hydrogens is 512 g/mol. The van der Waals surface area contributed by atoms with Crippen molar-refractivity contribution in [1.29, 1.82) is 0 Å². The van der Waals surface area contributed by atoms with Crippen molar-refractivity contribution in [2.24, 2.45) is 11.3 Å². The Hall–Kier alpha value is -1.74. The van der Waals surface area contributed by atoms with E-state index in [1.165, 1.54) is 22.2 Å². The molecule has 0 radical (unpaired) electrons. The molecule has 3 aliphatic rings. The SMILES string of the molecule is CC(C)(C)[C@H]1CCc2c(sc3nc(C4CC4)nc(N4CCN(S(=O)(=O)c5ccc(Cl)cc5)CC4)c23)C1. The minimum absolute atomic E-state index is 0.293. The molecule has 2 aliphatic carbocycles. The summed E-state index contributed by atoms with van der Waals surface area (Å²) in [5, 5.41) is 1.76. The second kappa shape index (κ2) is 8.93. The Bertz CT molecular complexity index is 1400. The number of thiophene rings is 1. The lowest BCUT2D eigenvalue weighted by molar-refractivity contribution is 0.218. The van der Waals surface area contributed by atoms with Crippen molar-refractivity contribution in [2.45, 2.75) is 63.7 Å². The van der Waals surface area contributed by atoms with Gasteiger partial charge in [-0.3, -0.25) is 0 Å². The van der Waals surface area contributed by atoms with Crippen molar-refractivity contribution in [3.8, 4) is 0 Å². The summed E-state index contributed by atoms with van der Waals surface area (Å²) in [6, 6.07) is 6.43. The molecule has 2 aromatic heterocycles. The van der Waals surface area contributed by atoms with Gasteiger partial charge in [0.05, 0.1) is 10.3 Å². The molecule has 1 saturated heterocycles. The number of nitrogens with zero attached hydrogens (tertiary/aromatic N) is 4. The Morgan fingerprint density at radius 3 is 2.33 bits per heavy atom. The number of piperazine rings is 1. The van der Waals surface area contributed by atoms with Gasteiger partial charge in [-0.15, -0.1) is 11.3 Å². The third kappa shape index (κ3) is 4.44. The highest BCUT2D eigenvalue weighted by Crippen LogP contribution is 2.47. The summed E-state index contributed by atoms with van der Waals surface area (Å²) in [6.07, 6.45) is 5.70. The number of rotatable bonds is 4. The van der Waals surface area contributed by atoms with Crippen molar-refractivity contribution in [3.05, 3.63) is 45.6 Å². The molecule has 0 N–H and O–H groups in total. The summed E-state index contributed by atoms with van der Waals surface area (Å²) in [4.78, 5) is 15.4. The number of halogens is 1. The van der Waals surface area contributed by atoms with Gasteiger partial charge in [0.1, 0.15) is 16.5 Å². The first-order valence-corrected chi connectivity index (χ1v) is 15.6. The number of aromatic nitrogens is 2. The van der Waals surface area contributed by atoms with Crippen LogP contribution in [0.2, 0.25) is 5.02 Å². The van der Waals surface area contributed by atoms with Crippen molar-refractivity contribution in [1.82, 2.24) is 14.3 Å². The van der Waals surface area contributed by atoms with E-state index in [4.69, 9.17) is 21.6 Å². The minimum Gasteiger partial charge on any atom is -0.353 e. The fourth-order valence-electron chi connectivity index (χ4n) is 5.56. The third-order valence-corrected chi connectivity index (χ3v) is 11.4. The highest BCUT2D eigenvalue weighted by atomic mass is 35.5. The van der Waals surface area contributed by atoms with E-state index in [1.807, 2.05) is 11.3 Å². The largest absolute Gasteiger partial charge is 0.353 e. The molecule has 3 heterocycles. The molecule has 3 aromatic rings. The molecule has 36 heavy (non-hydrogen) atoms. The number of aryl methyl sites for hydroxylation is 1. The molecule has 0 unspecified atom stereocenters. The van der Waals surface area contributed by atoms with Crippen LogP contribution in [-0.2, 0) is 22.9 Å². The number of hydrogen-bond donors (Lipinski definition) is 0. The molecule has 2 fully saturated rings. The van der Waals surface area contributed by atoms with Gasteiger partial charge in [-0.1, -0.05) is 32.4 Å². The second-order valence-electron chi connectivity index (χ2n) is 11.5. The van der Waals surface area contributed by atoms with E-state index < -0.39 is 10.0 Å². The van der Waals surface area contributed by atoms with Gasteiger partial charge in [0.25, 0.3) is 0 Å². The van der Waals surface area contributed by atoms with Crippen LogP contribution in [0.1, 0.15) is 62.2 Å². The standard InChI is InChI=1S/C27H33ClN4O2S2/c1-27(2,3)18-6-11-21-22(16-18)35-26-23(21)25(29-24(30-26)17-4-5-17)31-12-14-32(15-13-31)36(33,34)20-9-7-19(28)8-10-20/h7-10,17-18H,4-6,11-16H2,1-3H3/t18-/m0/s1. The molecular formula is C27H33ClN4O2S2. The van der Waals surface area contributed by atoms with Crippen LogP contribution in [-0.4, -0.2) is 48.9 Å². The monoisotopic (exact) mass is 544 g/mol. The van der Waals surface area contributed by atoms with Crippen LogP contribution in [0.25, 0.3) is 10.2 Å². The Labute approximate surface area is 222 Å². The summed E-state index contributed by atoms with van der Waals surface area (Å²) in [5.41, 5.74) is 1.73. The number of sulfonamides is 1. The smallest absolute Gasteiger partial charge is 0.243 e. The summed E-state index contributed by atoms with van der Waals surface area (Å²) < 4.78 is 28.0. The Morgan fingerprint density at radius 1 is 1.00 bits per heavy atom. The molecule has 0 spiro atoms. The lowest BCUT2D eigenvalue weighted by Crippen LogP contribution is -2.49. The van der Waals surface area contributed by atoms with Crippen LogP contribution in [0.15, 0.2) is 29.2 Å². The maximum Gasteiger partial charge on any atom is 0.243 e. The zero-order chi connectivity index (χ0) is 25.2.